The van der Waals surface area contributed by atoms with E-state index in [4.69, 9.17) is 0 Å². The van der Waals surface area contributed by atoms with Crippen molar-refractivity contribution in [3.05, 3.63) is 32.2 Å². The largest absolute Gasteiger partial charge is 0.129 e. The van der Waals surface area contributed by atoms with Gasteiger partial charge in [0, 0.05) is 4.70 Å². The van der Waals surface area contributed by atoms with E-state index in [0.29, 0.717) is 0 Å². The van der Waals surface area contributed by atoms with E-state index in [0.717, 1.165) is 0 Å². The normalized spacial score (nSPS) is 10.9. The van der Waals surface area contributed by atoms with Crippen LogP contribution >= 0.6 is 33.9 Å². The highest BCUT2D eigenvalue weighted by molar-refractivity contribution is 14.1. The van der Waals surface area contributed by atoms with Gasteiger partial charge < -0.3 is 0 Å². The summed E-state index contributed by atoms with van der Waals surface area (Å²) in [6, 6.07) is 6.51. The van der Waals surface area contributed by atoms with E-state index < -0.39 is 0 Å². The van der Waals surface area contributed by atoms with Gasteiger partial charge in [-0.2, -0.15) is 0 Å². The van der Waals surface area contributed by atoms with Gasteiger partial charge in [0.15, 0.2) is 0 Å². The van der Waals surface area contributed by atoms with Crippen molar-refractivity contribution >= 4 is 44.0 Å². The van der Waals surface area contributed by atoms with Crippen molar-refractivity contribution < 1.29 is 0 Å². The highest BCUT2D eigenvalue weighted by Crippen LogP contribution is 2.33. The van der Waals surface area contributed by atoms with E-state index in [1.54, 1.807) is 0 Å². The number of aryl methyl sites for hydroxylation is 2. The second-order valence-electron chi connectivity index (χ2n) is 2.95. The Kier molecular flexibility index (Phi) is 2.12. The molecule has 1 aromatic heterocycles. The number of fused-ring (bicyclic) bond motifs is 1. The van der Waals surface area contributed by atoms with Gasteiger partial charge >= 0.3 is 0 Å². The van der Waals surface area contributed by atoms with Crippen LogP contribution in [0.25, 0.3) is 10.1 Å². The maximum absolute atomic E-state index is 2.41. The highest BCUT2D eigenvalue weighted by atomic mass is 127. The van der Waals surface area contributed by atoms with Crippen molar-refractivity contribution in [2.75, 3.05) is 0 Å². The summed E-state index contributed by atoms with van der Waals surface area (Å²) >= 11 is 4.30. The molecule has 0 unspecified atom stereocenters. The standard InChI is InChI=1S/C10H9IS/c1-6-4-3-5-8-7(2)10(11)12-9(6)8/h3-5H,1-2H3. The summed E-state index contributed by atoms with van der Waals surface area (Å²) < 4.78 is 2.86. The lowest BCUT2D eigenvalue weighted by Crippen LogP contribution is -1.72. The Bertz CT molecular complexity index is 429. The van der Waals surface area contributed by atoms with Crippen LogP contribution in [0.1, 0.15) is 11.1 Å². The summed E-state index contributed by atoms with van der Waals surface area (Å²) in [6.45, 7) is 4.37. The van der Waals surface area contributed by atoms with Crippen molar-refractivity contribution in [1.82, 2.24) is 0 Å². The van der Waals surface area contributed by atoms with Gasteiger partial charge in [0.25, 0.3) is 0 Å². The molecule has 0 radical (unpaired) electrons. The Morgan fingerprint density at radius 1 is 1.25 bits per heavy atom. The van der Waals surface area contributed by atoms with E-state index >= 15 is 0 Å². The molecule has 2 aromatic rings. The zero-order valence-electron chi connectivity index (χ0n) is 7.02. The van der Waals surface area contributed by atoms with Crippen LogP contribution in [0.2, 0.25) is 0 Å². The molecule has 0 nitrogen and oxygen atoms in total. The zero-order chi connectivity index (χ0) is 8.72. The Balaban J connectivity index is 2.95. The number of hydrogen-bond donors (Lipinski definition) is 0. The second kappa shape index (κ2) is 3.00. The molecule has 0 aliphatic rings. The first-order valence-electron chi connectivity index (χ1n) is 3.84. The number of benzene rings is 1. The minimum Gasteiger partial charge on any atom is -0.129 e. The van der Waals surface area contributed by atoms with Crippen LogP contribution in [0.3, 0.4) is 0 Å². The van der Waals surface area contributed by atoms with E-state index in [2.05, 4.69) is 54.6 Å². The third kappa shape index (κ3) is 1.17. The second-order valence-corrected chi connectivity index (χ2v) is 5.78. The Labute approximate surface area is 89.7 Å². The van der Waals surface area contributed by atoms with E-state index in [1.807, 2.05) is 11.3 Å². The fraction of sp³-hybridized carbons (Fsp3) is 0.200. The molecule has 0 spiro atoms. The van der Waals surface area contributed by atoms with E-state index in [1.165, 1.54) is 24.1 Å². The molecule has 0 amide bonds. The van der Waals surface area contributed by atoms with Gasteiger partial charge in [-0.1, -0.05) is 18.2 Å². The lowest BCUT2D eigenvalue weighted by atomic mass is 10.1. The molecular formula is C10H9IS. The molecule has 0 saturated heterocycles. The molecule has 62 valence electrons. The summed E-state index contributed by atoms with van der Waals surface area (Å²) in [5.74, 6) is 0. The summed E-state index contributed by atoms with van der Waals surface area (Å²) in [7, 11) is 0. The van der Waals surface area contributed by atoms with Gasteiger partial charge in [-0.25, -0.2) is 0 Å². The summed E-state index contributed by atoms with van der Waals surface area (Å²) in [6.07, 6.45) is 0. The Morgan fingerprint density at radius 3 is 2.67 bits per heavy atom. The minimum atomic E-state index is 1.39. The smallest absolute Gasteiger partial charge is 0.0695 e. The molecular weight excluding hydrogens is 279 g/mol. The first-order valence-corrected chi connectivity index (χ1v) is 5.74. The predicted molar refractivity (Wildman–Crippen MR) is 64.0 cm³/mol. The first kappa shape index (κ1) is 8.51. The topological polar surface area (TPSA) is 0 Å². The lowest BCUT2D eigenvalue weighted by molar-refractivity contribution is 1.53. The molecule has 0 bridgehead atoms. The minimum absolute atomic E-state index is 1.39. The van der Waals surface area contributed by atoms with E-state index in [9.17, 15) is 0 Å². The van der Waals surface area contributed by atoms with Crippen molar-refractivity contribution in [1.29, 1.82) is 0 Å². The van der Waals surface area contributed by atoms with Gasteiger partial charge in [0.05, 0.1) is 2.88 Å². The van der Waals surface area contributed by atoms with Gasteiger partial charge in [-0.3, -0.25) is 0 Å². The molecule has 2 heteroatoms. The quantitative estimate of drug-likeness (QED) is 0.640. The SMILES string of the molecule is Cc1c(I)sc2c(C)cccc12. The molecule has 0 fully saturated rings. The van der Waals surface area contributed by atoms with Gasteiger partial charge in [-0.05, 0) is 53.0 Å². The number of rotatable bonds is 0. The molecule has 0 atom stereocenters. The van der Waals surface area contributed by atoms with Crippen LogP contribution in [0.4, 0.5) is 0 Å². The van der Waals surface area contributed by atoms with Crippen LogP contribution < -0.4 is 0 Å². The first-order chi connectivity index (χ1) is 5.70. The monoisotopic (exact) mass is 288 g/mol. The maximum atomic E-state index is 2.41. The molecule has 1 aromatic carbocycles. The van der Waals surface area contributed by atoms with Gasteiger partial charge in [0.2, 0.25) is 0 Å². The predicted octanol–water partition coefficient (Wildman–Crippen LogP) is 4.12. The Hall–Kier alpha value is -0.0900. The number of thiophene rings is 1. The van der Waals surface area contributed by atoms with Crippen molar-refractivity contribution in [3.8, 4) is 0 Å². The van der Waals surface area contributed by atoms with Crippen molar-refractivity contribution in [2.45, 2.75) is 13.8 Å². The van der Waals surface area contributed by atoms with Crippen molar-refractivity contribution in [3.63, 3.8) is 0 Å². The average molecular weight is 288 g/mol. The summed E-state index contributed by atoms with van der Waals surface area (Å²) in [5.41, 5.74) is 2.82. The van der Waals surface area contributed by atoms with Crippen LogP contribution in [0.5, 0.6) is 0 Å². The zero-order valence-corrected chi connectivity index (χ0v) is 9.99. The average Bonchev–Trinajstić information content (AvgIpc) is 2.32. The molecule has 0 aliphatic heterocycles. The van der Waals surface area contributed by atoms with Crippen LogP contribution in [0.15, 0.2) is 18.2 Å². The summed E-state index contributed by atoms with van der Waals surface area (Å²) in [4.78, 5) is 0. The van der Waals surface area contributed by atoms with Crippen molar-refractivity contribution in [2.24, 2.45) is 0 Å². The summed E-state index contributed by atoms with van der Waals surface area (Å²) in [5, 5.41) is 1.42. The third-order valence-electron chi connectivity index (χ3n) is 2.10. The maximum Gasteiger partial charge on any atom is 0.0695 e. The van der Waals surface area contributed by atoms with Crippen LogP contribution in [-0.2, 0) is 0 Å². The fourth-order valence-electron chi connectivity index (χ4n) is 1.36. The molecule has 0 N–H and O–H groups in total. The van der Waals surface area contributed by atoms with Crippen LogP contribution in [-0.4, -0.2) is 0 Å². The van der Waals surface area contributed by atoms with E-state index in [-0.39, 0.29) is 0 Å². The lowest BCUT2D eigenvalue weighted by Gasteiger charge is -1.93. The molecule has 2 rings (SSSR count). The number of hydrogen-bond acceptors (Lipinski definition) is 1. The third-order valence-corrected chi connectivity index (χ3v) is 4.80. The van der Waals surface area contributed by atoms with Gasteiger partial charge in [-0.15, -0.1) is 11.3 Å². The molecule has 0 saturated carbocycles. The molecule has 12 heavy (non-hydrogen) atoms. The number of halogens is 1. The van der Waals surface area contributed by atoms with Crippen LogP contribution in [0, 0.1) is 16.7 Å². The fourth-order valence-corrected chi connectivity index (χ4v) is 3.31. The molecule has 0 aliphatic carbocycles. The Morgan fingerprint density at radius 2 is 2.00 bits per heavy atom. The highest BCUT2D eigenvalue weighted by Gasteiger charge is 2.06. The molecule has 1 heterocycles. The van der Waals surface area contributed by atoms with Gasteiger partial charge in [0.1, 0.15) is 0 Å².